The van der Waals surface area contributed by atoms with Crippen molar-refractivity contribution in [3.63, 3.8) is 0 Å². The van der Waals surface area contributed by atoms with Crippen LogP contribution in [0.3, 0.4) is 0 Å². The Balaban J connectivity index is 3.28. The number of anilines is 1. The van der Waals surface area contributed by atoms with E-state index in [4.69, 9.17) is 17.3 Å². The summed E-state index contributed by atoms with van der Waals surface area (Å²) in [7, 11) is 1.26. The van der Waals surface area contributed by atoms with E-state index in [1.165, 1.54) is 7.11 Å². The molecule has 0 saturated carbocycles. The molecule has 0 spiro atoms. The van der Waals surface area contributed by atoms with Crippen molar-refractivity contribution in [3.8, 4) is 0 Å². The molecular weight excluding hydrogens is 306 g/mol. The highest BCUT2D eigenvalue weighted by Gasteiger charge is 2.15. The van der Waals surface area contributed by atoms with E-state index in [1.54, 1.807) is 6.07 Å². The summed E-state index contributed by atoms with van der Waals surface area (Å²) in [6.07, 6.45) is 0. The molecule has 1 aromatic rings. The molecule has 1 rings (SSSR count). The van der Waals surface area contributed by atoms with Gasteiger partial charge in [-0.15, -0.1) is 0 Å². The molecule has 0 aromatic carbocycles. The number of aromatic nitrogens is 1. The lowest BCUT2D eigenvalue weighted by atomic mass is 10.3. The summed E-state index contributed by atoms with van der Waals surface area (Å²) in [5.41, 5.74) is 5.90. The zero-order valence-electron chi connectivity index (χ0n) is 6.67. The number of carbonyl (C=O) groups is 1. The molecule has 2 N–H and O–H groups in total. The topological polar surface area (TPSA) is 65.2 Å². The number of nitrogens with zero attached hydrogens (tertiary/aromatic N) is 1. The number of methoxy groups -OCH3 is 1. The van der Waals surface area contributed by atoms with Crippen LogP contribution in [0.2, 0.25) is 5.02 Å². The summed E-state index contributed by atoms with van der Waals surface area (Å²) < 4.78 is 5.08. The van der Waals surface area contributed by atoms with Crippen molar-refractivity contribution in [2.75, 3.05) is 12.8 Å². The lowest BCUT2D eigenvalue weighted by Crippen LogP contribution is -2.07. The Hall–Kier alpha value is -0.560. The number of esters is 1. The molecule has 13 heavy (non-hydrogen) atoms. The van der Waals surface area contributed by atoms with Crippen molar-refractivity contribution >= 4 is 45.8 Å². The van der Waals surface area contributed by atoms with Gasteiger partial charge in [-0.2, -0.15) is 0 Å². The SMILES string of the molecule is COC(=O)c1nc(I)cc(N)c1Cl. The fourth-order valence-corrected chi connectivity index (χ4v) is 1.50. The van der Waals surface area contributed by atoms with Crippen LogP contribution in [0.15, 0.2) is 6.07 Å². The third kappa shape index (κ3) is 2.22. The van der Waals surface area contributed by atoms with E-state index in [-0.39, 0.29) is 10.7 Å². The van der Waals surface area contributed by atoms with Crippen LogP contribution in [-0.2, 0) is 4.74 Å². The Morgan fingerprint density at radius 3 is 2.92 bits per heavy atom. The van der Waals surface area contributed by atoms with E-state index in [9.17, 15) is 4.79 Å². The summed E-state index contributed by atoms with van der Waals surface area (Å²) in [5, 5.41) is 0.132. The Kier molecular flexibility index (Phi) is 3.32. The number of hydrogen-bond donors (Lipinski definition) is 1. The molecular formula is C7H6ClIN2O2. The largest absolute Gasteiger partial charge is 0.464 e. The standard InChI is InChI=1S/C7H6ClIN2O2/c1-13-7(12)6-5(8)3(10)2-4(9)11-6/h2H,1H3,(H2,10,11). The molecule has 4 nitrogen and oxygen atoms in total. The van der Waals surface area contributed by atoms with Gasteiger partial charge in [-0.05, 0) is 28.7 Å². The van der Waals surface area contributed by atoms with Crippen molar-refractivity contribution in [1.82, 2.24) is 4.98 Å². The van der Waals surface area contributed by atoms with Crippen LogP contribution in [0, 0.1) is 3.70 Å². The van der Waals surface area contributed by atoms with Gasteiger partial charge in [-0.25, -0.2) is 9.78 Å². The molecule has 0 bridgehead atoms. The molecule has 0 saturated heterocycles. The van der Waals surface area contributed by atoms with E-state index < -0.39 is 5.97 Å². The molecule has 6 heteroatoms. The third-order valence-corrected chi connectivity index (χ3v) is 2.28. The lowest BCUT2D eigenvalue weighted by molar-refractivity contribution is 0.0594. The summed E-state index contributed by atoms with van der Waals surface area (Å²) in [6.45, 7) is 0. The average Bonchev–Trinajstić information content (AvgIpc) is 2.10. The van der Waals surface area contributed by atoms with Crippen LogP contribution in [0.4, 0.5) is 5.69 Å². The summed E-state index contributed by atoms with van der Waals surface area (Å²) in [4.78, 5) is 15.0. The number of hydrogen-bond acceptors (Lipinski definition) is 4. The van der Waals surface area contributed by atoms with Gasteiger partial charge in [0, 0.05) is 0 Å². The Bertz CT molecular complexity index is 357. The quantitative estimate of drug-likeness (QED) is 0.487. The highest BCUT2D eigenvalue weighted by Crippen LogP contribution is 2.23. The maximum absolute atomic E-state index is 11.1. The number of pyridine rings is 1. The fourth-order valence-electron chi connectivity index (χ4n) is 0.748. The van der Waals surface area contributed by atoms with E-state index >= 15 is 0 Å². The van der Waals surface area contributed by atoms with Crippen molar-refractivity contribution in [2.24, 2.45) is 0 Å². The highest BCUT2D eigenvalue weighted by molar-refractivity contribution is 14.1. The first-order valence-electron chi connectivity index (χ1n) is 3.26. The van der Waals surface area contributed by atoms with E-state index in [0.717, 1.165) is 0 Å². The second-order valence-electron chi connectivity index (χ2n) is 2.19. The predicted molar refractivity (Wildman–Crippen MR) is 57.7 cm³/mol. The number of nitrogen functional groups attached to an aromatic ring is 1. The Morgan fingerprint density at radius 1 is 1.77 bits per heavy atom. The minimum Gasteiger partial charge on any atom is -0.464 e. The van der Waals surface area contributed by atoms with Crippen LogP contribution >= 0.6 is 34.2 Å². The maximum Gasteiger partial charge on any atom is 0.358 e. The van der Waals surface area contributed by atoms with Crippen molar-refractivity contribution in [2.45, 2.75) is 0 Å². The minimum absolute atomic E-state index is 0.0496. The van der Waals surface area contributed by atoms with Gasteiger partial charge in [0.05, 0.1) is 17.8 Å². The number of rotatable bonds is 1. The normalized spacial score (nSPS) is 9.77. The van der Waals surface area contributed by atoms with Crippen LogP contribution in [0.25, 0.3) is 0 Å². The third-order valence-electron chi connectivity index (χ3n) is 1.33. The summed E-state index contributed by atoms with van der Waals surface area (Å²) in [5.74, 6) is -0.588. The van der Waals surface area contributed by atoms with Gasteiger partial charge >= 0.3 is 5.97 Å². The van der Waals surface area contributed by atoms with Crippen molar-refractivity contribution < 1.29 is 9.53 Å². The first-order chi connectivity index (χ1) is 6.06. The molecule has 0 aliphatic heterocycles. The van der Waals surface area contributed by atoms with Crippen LogP contribution in [-0.4, -0.2) is 18.1 Å². The lowest BCUT2D eigenvalue weighted by Gasteiger charge is -2.04. The number of carbonyl (C=O) groups excluding carboxylic acids is 1. The molecule has 0 atom stereocenters. The molecule has 0 unspecified atom stereocenters. The molecule has 0 aliphatic carbocycles. The van der Waals surface area contributed by atoms with E-state index in [2.05, 4.69) is 9.72 Å². The predicted octanol–water partition coefficient (Wildman–Crippen LogP) is 1.71. The van der Waals surface area contributed by atoms with E-state index in [0.29, 0.717) is 9.39 Å². The zero-order valence-corrected chi connectivity index (χ0v) is 9.59. The molecule has 0 fully saturated rings. The van der Waals surface area contributed by atoms with Gasteiger partial charge in [0.1, 0.15) is 3.70 Å². The maximum atomic E-state index is 11.1. The smallest absolute Gasteiger partial charge is 0.358 e. The monoisotopic (exact) mass is 312 g/mol. The summed E-state index contributed by atoms with van der Waals surface area (Å²) >= 11 is 7.69. The average molecular weight is 312 g/mol. The van der Waals surface area contributed by atoms with Crippen LogP contribution in [0.5, 0.6) is 0 Å². The first-order valence-corrected chi connectivity index (χ1v) is 4.71. The zero-order chi connectivity index (χ0) is 10.0. The van der Waals surface area contributed by atoms with Gasteiger partial charge < -0.3 is 10.5 Å². The second-order valence-corrected chi connectivity index (χ2v) is 3.67. The van der Waals surface area contributed by atoms with Crippen LogP contribution < -0.4 is 5.73 Å². The molecule has 0 radical (unpaired) electrons. The molecule has 0 amide bonds. The molecule has 1 heterocycles. The molecule has 0 aliphatic rings. The van der Waals surface area contributed by atoms with Crippen molar-refractivity contribution in [1.29, 1.82) is 0 Å². The number of ether oxygens (including phenoxy) is 1. The van der Waals surface area contributed by atoms with Gasteiger partial charge in [0.25, 0.3) is 0 Å². The Morgan fingerprint density at radius 2 is 2.38 bits per heavy atom. The number of halogens is 2. The molecule has 1 aromatic heterocycles. The molecule has 70 valence electrons. The number of nitrogens with two attached hydrogens (primary N) is 1. The Labute approximate surface area is 93.6 Å². The van der Waals surface area contributed by atoms with Crippen molar-refractivity contribution in [3.05, 3.63) is 20.5 Å². The van der Waals surface area contributed by atoms with Crippen LogP contribution in [0.1, 0.15) is 10.5 Å². The van der Waals surface area contributed by atoms with Gasteiger partial charge in [-0.3, -0.25) is 0 Å². The highest BCUT2D eigenvalue weighted by atomic mass is 127. The first kappa shape index (κ1) is 10.5. The van der Waals surface area contributed by atoms with Gasteiger partial charge in [-0.1, -0.05) is 11.6 Å². The second kappa shape index (κ2) is 4.10. The fraction of sp³-hybridized carbons (Fsp3) is 0.143. The minimum atomic E-state index is -0.588. The van der Waals surface area contributed by atoms with E-state index in [1.807, 2.05) is 22.6 Å². The van der Waals surface area contributed by atoms with Gasteiger partial charge in [0.2, 0.25) is 0 Å². The van der Waals surface area contributed by atoms with Gasteiger partial charge in [0.15, 0.2) is 5.69 Å². The summed E-state index contributed by atoms with van der Waals surface area (Å²) in [6, 6.07) is 1.58.